The van der Waals surface area contributed by atoms with Crippen molar-refractivity contribution in [1.82, 2.24) is 15.0 Å². The average molecular weight is 1770 g/mol. The minimum absolute atomic E-state index is 0.646. The fraction of sp³-hybridized carbons (Fsp3) is 0.153. The minimum Gasteiger partial charge on any atom is -0.436 e. The van der Waals surface area contributed by atoms with Gasteiger partial charge in [-0.2, -0.15) is 0 Å². The Kier molecular flexibility index (Phi) is 20.4. The van der Waals surface area contributed by atoms with E-state index in [0.29, 0.717) is 17.7 Å². The molecule has 664 valence electrons. The lowest BCUT2D eigenvalue weighted by atomic mass is 9.82. The standard InChI is InChI=1S/C47H37NO.2C42H35NO/c1-26-20-28(3)43(29(4)21-26)35-15-12-33-13-16-37-39(44-30(5)22-27(2)23-31(44)6)25-40(38-18-17-36(35)45(33)46(37)38)47-48-41-24-34(14-19-42(41)49-47)32-10-8-7-9-11-32;1-22-8-15-37-36(20-22)43-42(44-37)35-21-34(39-27(6)18-24(3)19-28(39)7)32-12-10-29-9-11-30(31-13-14-33(35)41(32)40(29)31)38-25(4)16-23(2)17-26(38)5;1-22-8-15-36-37(20-22)44-42(43-36)35-21-34(39-27(6)18-24(3)19-28(39)7)32-12-10-29-9-11-30(31-13-14-33(35)41(32)40(29)31)38-25(4)16-23(2)17-26(38)5/h7-25H,1-6H3;2*8-21H,1-7H3. The van der Waals surface area contributed by atoms with Crippen LogP contribution in [0.2, 0.25) is 0 Å². The van der Waals surface area contributed by atoms with Gasteiger partial charge in [0.15, 0.2) is 16.7 Å². The maximum absolute atomic E-state index is 6.63. The second-order valence-electron chi connectivity index (χ2n) is 39.7. The molecular weight excluding hydrogens is 1660 g/mol. The van der Waals surface area contributed by atoms with Crippen molar-refractivity contribution >= 4 is 130 Å². The van der Waals surface area contributed by atoms with Crippen molar-refractivity contribution in [3.8, 4) is 112 Å². The molecule has 0 N–H and O–H groups in total. The molecule has 0 saturated heterocycles. The van der Waals surface area contributed by atoms with E-state index < -0.39 is 0 Å². The van der Waals surface area contributed by atoms with Crippen LogP contribution in [-0.2, 0) is 0 Å². The van der Waals surface area contributed by atoms with Gasteiger partial charge in [0.05, 0.1) is 0 Å². The molecule has 22 aromatic carbocycles. The maximum atomic E-state index is 6.63. The first-order valence-corrected chi connectivity index (χ1v) is 48.0. The molecular formula is C131H107N3O3. The topological polar surface area (TPSA) is 78.1 Å². The van der Waals surface area contributed by atoms with Gasteiger partial charge in [0.2, 0.25) is 17.7 Å². The lowest BCUT2D eigenvalue weighted by Gasteiger charge is -2.21. The number of benzene rings is 22. The second kappa shape index (κ2) is 32.6. The smallest absolute Gasteiger partial charge is 0.227 e. The van der Waals surface area contributed by atoms with Crippen LogP contribution in [0.1, 0.15) is 111 Å². The fourth-order valence-electron chi connectivity index (χ4n) is 24.3. The number of hydrogen-bond donors (Lipinski definition) is 0. The molecule has 0 fully saturated rings. The first-order valence-electron chi connectivity index (χ1n) is 48.0. The Morgan fingerprint density at radius 1 is 0.161 bits per heavy atom. The van der Waals surface area contributed by atoms with Crippen LogP contribution in [0.25, 0.3) is 243 Å². The summed E-state index contributed by atoms with van der Waals surface area (Å²) in [5, 5.41) is 22.5. The highest BCUT2D eigenvalue weighted by Crippen LogP contribution is 2.54. The van der Waals surface area contributed by atoms with Crippen LogP contribution in [0.15, 0.2) is 298 Å². The molecule has 0 aliphatic carbocycles. The summed E-state index contributed by atoms with van der Waals surface area (Å²) in [4.78, 5) is 15.3. The number of aromatic nitrogens is 3. The van der Waals surface area contributed by atoms with Crippen molar-refractivity contribution in [2.45, 2.75) is 138 Å². The molecule has 0 saturated carbocycles. The maximum Gasteiger partial charge on any atom is 0.227 e. The van der Waals surface area contributed by atoms with E-state index in [4.69, 9.17) is 28.2 Å². The Hall–Kier alpha value is -15.6. The summed E-state index contributed by atoms with van der Waals surface area (Å²) in [6, 6.07) is 105. The van der Waals surface area contributed by atoms with Gasteiger partial charge < -0.3 is 13.3 Å². The first-order chi connectivity index (χ1) is 66.1. The summed E-state index contributed by atoms with van der Waals surface area (Å²) in [6.45, 7) is 44.1. The third-order valence-electron chi connectivity index (χ3n) is 29.3. The van der Waals surface area contributed by atoms with E-state index >= 15 is 0 Å². The van der Waals surface area contributed by atoms with E-state index in [2.05, 4.69) is 411 Å². The normalized spacial score (nSPS) is 11.9. The van der Waals surface area contributed by atoms with Crippen molar-refractivity contribution < 1.29 is 13.3 Å². The van der Waals surface area contributed by atoms with Crippen LogP contribution in [0.3, 0.4) is 0 Å². The highest BCUT2D eigenvalue weighted by atomic mass is 16.4. The largest absolute Gasteiger partial charge is 0.436 e. The van der Waals surface area contributed by atoms with E-state index in [1.165, 1.54) is 270 Å². The molecule has 25 rings (SSSR count). The molecule has 0 spiro atoms. The zero-order valence-corrected chi connectivity index (χ0v) is 81.7. The zero-order chi connectivity index (χ0) is 94.4. The number of nitrogens with zero attached hydrogens (tertiary/aromatic N) is 3. The van der Waals surface area contributed by atoms with Crippen LogP contribution in [0, 0.1) is 138 Å². The summed E-state index contributed by atoms with van der Waals surface area (Å²) in [5.41, 5.74) is 51.4. The quantitative estimate of drug-likeness (QED) is 0.127. The van der Waals surface area contributed by atoms with Gasteiger partial charge in [-0.1, -0.05) is 264 Å². The molecule has 0 radical (unpaired) electrons. The Labute approximate surface area is 800 Å². The van der Waals surface area contributed by atoms with Gasteiger partial charge >= 0.3 is 0 Å². The Morgan fingerprint density at radius 3 is 0.752 bits per heavy atom. The van der Waals surface area contributed by atoms with Gasteiger partial charge in [0.1, 0.15) is 16.6 Å². The predicted molar refractivity (Wildman–Crippen MR) is 582 cm³/mol. The SMILES string of the molecule is Cc1cc(C)c(-c2ccc3ccc4c(-c5c(C)cc(C)cc5C)cc(-c5nc6cc(-c7ccccc7)ccc6o5)c5ccc2c3c54)c(C)c1.Cc1cc(C)c(-c2ccc3ccc4c(-c5c(C)cc(C)cc5C)cc(-c5nc6cc(C)ccc6o5)c5ccc2c3c54)c(C)c1.Cc1cc(C)c(-c2ccc3ccc4c(-c5c(C)cc(C)cc5C)cc(-c5nc6ccc(C)cc6o5)c5ccc2c3c54)c(C)c1. The highest BCUT2D eigenvalue weighted by molar-refractivity contribution is 6.33. The lowest BCUT2D eigenvalue weighted by molar-refractivity contribution is 0.620. The van der Waals surface area contributed by atoms with Crippen LogP contribution in [0.4, 0.5) is 0 Å². The fourth-order valence-corrected chi connectivity index (χ4v) is 24.3. The van der Waals surface area contributed by atoms with Gasteiger partial charge in [-0.15, -0.1) is 0 Å². The first kappa shape index (κ1) is 85.6. The molecule has 0 aliphatic rings. The van der Waals surface area contributed by atoms with Gasteiger partial charge in [-0.25, -0.2) is 15.0 Å². The van der Waals surface area contributed by atoms with E-state index in [1.54, 1.807) is 0 Å². The molecule has 137 heavy (non-hydrogen) atoms. The molecule has 0 atom stereocenters. The summed E-state index contributed by atoms with van der Waals surface area (Å²) in [7, 11) is 0. The number of fused-ring (bicyclic) bond motifs is 3. The van der Waals surface area contributed by atoms with E-state index in [9.17, 15) is 0 Å². The Balaban J connectivity index is 0.000000116. The van der Waals surface area contributed by atoms with Crippen LogP contribution >= 0.6 is 0 Å². The molecule has 0 amide bonds. The van der Waals surface area contributed by atoms with Gasteiger partial charge in [-0.05, 0) is 446 Å². The summed E-state index contributed by atoms with van der Waals surface area (Å²) < 4.78 is 19.6. The molecule has 6 heteroatoms. The number of aryl methyl sites for hydroxylation is 20. The second-order valence-corrected chi connectivity index (χ2v) is 39.7. The van der Waals surface area contributed by atoms with Crippen molar-refractivity contribution in [1.29, 1.82) is 0 Å². The van der Waals surface area contributed by atoms with Gasteiger partial charge in [-0.3, -0.25) is 0 Å². The summed E-state index contributed by atoms with van der Waals surface area (Å²) >= 11 is 0. The molecule has 6 nitrogen and oxygen atoms in total. The average Bonchev–Trinajstić information content (AvgIpc) is 1.24. The van der Waals surface area contributed by atoms with Crippen LogP contribution in [0.5, 0.6) is 0 Å². The predicted octanol–water partition coefficient (Wildman–Crippen LogP) is 37.0. The summed E-state index contributed by atoms with van der Waals surface area (Å²) in [5.74, 6) is 1.97. The monoisotopic (exact) mass is 1770 g/mol. The molecule has 0 unspecified atom stereocenters. The molecule has 0 aliphatic heterocycles. The number of hydrogen-bond acceptors (Lipinski definition) is 6. The molecule has 3 aromatic heterocycles. The Morgan fingerprint density at radius 2 is 0.416 bits per heavy atom. The minimum atomic E-state index is 0.646. The van der Waals surface area contributed by atoms with Crippen molar-refractivity contribution in [3.05, 3.63) is 396 Å². The highest BCUT2D eigenvalue weighted by Gasteiger charge is 2.29. The Bertz CT molecular complexity index is 8900. The van der Waals surface area contributed by atoms with Gasteiger partial charge in [0.25, 0.3) is 0 Å². The number of oxazole rings is 3. The molecule has 0 bridgehead atoms. The molecule has 3 heterocycles. The van der Waals surface area contributed by atoms with Gasteiger partial charge in [0, 0.05) is 16.7 Å². The van der Waals surface area contributed by atoms with E-state index in [1.807, 2.05) is 12.1 Å². The summed E-state index contributed by atoms with van der Waals surface area (Å²) in [6.07, 6.45) is 0. The van der Waals surface area contributed by atoms with Crippen molar-refractivity contribution in [2.75, 3.05) is 0 Å². The van der Waals surface area contributed by atoms with E-state index in [-0.39, 0.29) is 0 Å². The lowest BCUT2D eigenvalue weighted by Crippen LogP contribution is -1.96. The molecule has 25 aromatic rings. The third kappa shape index (κ3) is 14.2. The number of rotatable bonds is 10. The van der Waals surface area contributed by atoms with Crippen molar-refractivity contribution in [3.63, 3.8) is 0 Å². The van der Waals surface area contributed by atoms with Crippen LogP contribution in [-0.4, -0.2) is 15.0 Å². The third-order valence-corrected chi connectivity index (χ3v) is 29.3. The van der Waals surface area contributed by atoms with Crippen LogP contribution < -0.4 is 0 Å². The zero-order valence-electron chi connectivity index (χ0n) is 81.7. The van der Waals surface area contributed by atoms with E-state index in [0.717, 1.165) is 66.5 Å². The van der Waals surface area contributed by atoms with Crippen molar-refractivity contribution in [2.24, 2.45) is 0 Å².